The summed E-state index contributed by atoms with van der Waals surface area (Å²) in [4.78, 5) is 35.6. The highest BCUT2D eigenvalue weighted by molar-refractivity contribution is 6.07. The average Bonchev–Trinajstić information content (AvgIpc) is 2.62. The van der Waals surface area contributed by atoms with Crippen molar-refractivity contribution in [1.82, 2.24) is 4.90 Å². The second-order valence-corrected chi connectivity index (χ2v) is 4.44. The lowest BCUT2D eigenvalue weighted by atomic mass is 10.1. The van der Waals surface area contributed by atoms with E-state index in [1.54, 1.807) is 6.07 Å². The van der Waals surface area contributed by atoms with Gasteiger partial charge >= 0.3 is 0 Å². The molecule has 0 spiro atoms. The highest BCUT2D eigenvalue weighted by atomic mass is 16.6. The zero-order valence-corrected chi connectivity index (χ0v) is 10.4. The van der Waals surface area contributed by atoms with Gasteiger partial charge in [0.1, 0.15) is 5.56 Å². The molecule has 1 aromatic rings. The Kier molecular flexibility index (Phi) is 3.89. The number of rotatable bonds is 2. The van der Waals surface area contributed by atoms with E-state index < -0.39 is 10.8 Å². The highest BCUT2D eigenvalue weighted by Crippen LogP contribution is 2.21. The number of nitro benzene ring substituents is 1. The number of nitro groups is 1. The van der Waals surface area contributed by atoms with E-state index in [-0.39, 0.29) is 17.2 Å². The van der Waals surface area contributed by atoms with Gasteiger partial charge in [0.05, 0.1) is 4.92 Å². The van der Waals surface area contributed by atoms with E-state index >= 15 is 0 Å². The number of hydrogen-bond donors (Lipinski definition) is 0. The van der Waals surface area contributed by atoms with Crippen molar-refractivity contribution in [3.05, 3.63) is 39.9 Å². The van der Waals surface area contributed by atoms with Gasteiger partial charge in [0.25, 0.3) is 11.6 Å². The topological polar surface area (TPSA) is 80.5 Å². The molecule has 6 heteroatoms. The number of amides is 2. The van der Waals surface area contributed by atoms with Crippen molar-refractivity contribution < 1.29 is 14.5 Å². The predicted octanol–water partition coefficient (Wildman–Crippen LogP) is 2.14. The van der Waals surface area contributed by atoms with Crippen LogP contribution in [0.3, 0.4) is 0 Å². The van der Waals surface area contributed by atoms with Gasteiger partial charge in [-0.05, 0) is 18.9 Å². The number of carbonyl (C=O) groups excluding carboxylic acids is 2. The normalized spacial score (nSPS) is 16.0. The van der Waals surface area contributed by atoms with Crippen molar-refractivity contribution in [2.24, 2.45) is 0 Å². The minimum Gasteiger partial charge on any atom is -0.278 e. The molecular formula is C13H14N2O4. The lowest BCUT2D eigenvalue weighted by molar-refractivity contribution is -0.385. The monoisotopic (exact) mass is 262 g/mol. The third-order valence-corrected chi connectivity index (χ3v) is 3.15. The lowest BCUT2D eigenvalue weighted by Gasteiger charge is -2.18. The molecule has 0 unspecified atom stereocenters. The molecule has 6 nitrogen and oxygen atoms in total. The zero-order chi connectivity index (χ0) is 13.8. The van der Waals surface area contributed by atoms with Gasteiger partial charge in [-0.25, -0.2) is 0 Å². The van der Waals surface area contributed by atoms with Gasteiger partial charge < -0.3 is 0 Å². The maximum Gasteiger partial charge on any atom is 0.282 e. The first-order chi connectivity index (χ1) is 9.11. The summed E-state index contributed by atoms with van der Waals surface area (Å²) >= 11 is 0. The van der Waals surface area contributed by atoms with Gasteiger partial charge in [-0.3, -0.25) is 24.6 Å². The van der Waals surface area contributed by atoms with Crippen LogP contribution in [0.5, 0.6) is 0 Å². The van der Waals surface area contributed by atoms with Gasteiger partial charge in [-0.2, -0.15) is 0 Å². The SMILES string of the molecule is O=C1CCCCCN1C(=O)c1ccccc1[N+](=O)[O-]. The van der Waals surface area contributed by atoms with Crippen molar-refractivity contribution in [3.63, 3.8) is 0 Å². The van der Waals surface area contributed by atoms with Crippen LogP contribution < -0.4 is 0 Å². The van der Waals surface area contributed by atoms with Crippen LogP contribution in [0.4, 0.5) is 5.69 Å². The van der Waals surface area contributed by atoms with Crippen molar-refractivity contribution in [1.29, 1.82) is 0 Å². The maximum absolute atomic E-state index is 12.3. The summed E-state index contributed by atoms with van der Waals surface area (Å²) in [6, 6.07) is 5.72. The third kappa shape index (κ3) is 2.78. The van der Waals surface area contributed by atoms with Crippen LogP contribution in [0.15, 0.2) is 24.3 Å². The molecular weight excluding hydrogens is 248 g/mol. The molecule has 100 valence electrons. The summed E-state index contributed by atoms with van der Waals surface area (Å²) in [6.07, 6.45) is 2.73. The number of para-hydroxylation sites is 1. The van der Waals surface area contributed by atoms with Crippen LogP contribution in [0.25, 0.3) is 0 Å². The maximum atomic E-state index is 12.3. The van der Waals surface area contributed by atoms with E-state index in [9.17, 15) is 19.7 Å². The Labute approximate surface area is 110 Å². The molecule has 0 aromatic heterocycles. The second kappa shape index (κ2) is 5.60. The van der Waals surface area contributed by atoms with Crippen molar-refractivity contribution in [2.45, 2.75) is 25.7 Å². The van der Waals surface area contributed by atoms with Crippen LogP contribution in [-0.2, 0) is 4.79 Å². The van der Waals surface area contributed by atoms with E-state index in [0.29, 0.717) is 13.0 Å². The average molecular weight is 262 g/mol. The third-order valence-electron chi connectivity index (χ3n) is 3.15. The Hall–Kier alpha value is -2.24. The summed E-state index contributed by atoms with van der Waals surface area (Å²) < 4.78 is 0. The van der Waals surface area contributed by atoms with Gasteiger partial charge in [0.15, 0.2) is 0 Å². The van der Waals surface area contributed by atoms with Crippen molar-refractivity contribution in [2.75, 3.05) is 6.54 Å². The molecule has 2 rings (SSSR count). The number of nitrogens with zero attached hydrogens (tertiary/aromatic N) is 2. The Morgan fingerprint density at radius 3 is 2.68 bits per heavy atom. The van der Waals surface area contributed by atoms with Crippen LogP contribution in [0, 0.1) is 10.1 Å². The molecule has 0 saturated carbocycles. The number of benzene rings is 1. The second-order valence-electron chi connectivity index (χ2n) is 4.44. The Bertz CT molecular complexity index is 527. The quantitative estimate of drug-likeness (QED) is 0.464. The largest absolute Gasteiger partial charge is 0.282 e. The van der Waals surface area contributed by atoms with Crippen molar-refractivity contribution in [3.8, 4) is 0 Å². The van der Waals surface area contributed by atoms with Crippen molar-refractivity contribution >= 4 is 17.5 Å². The number of hydrogen-bond acceptors (Lipinski definition) is 4. The fourth-order valence-corrected chi connectivity index (χ4v) is 2.16. The predicted molar refractivity (Wildman–Crippen MR) is 67.6 cm³/mol. The van der Waals surface area contributed by atoms with Crippen LogP contribution >= 0.6 is 0 Å². The minimum atomic E-state index is -0.602. The number of likely N-dealkylation sites (tertiary alicyclic amines) is 1. The highest BCUT2D eigenvalue weighted by Gasteiger charge is 2.28. The molecule has 0 bridgehead atoms. The van der Waals surface area contributed by atoms with E-state index in [2.05, 4.69) is 0 Å². The van der Waals surface area contributed by atoms with Crippen LogP contribution in [0.1, 0.15) is 36.0 Å². The standard InChI is InChI=1S/C13H14N2O4/c16-12-8-2-1-5-9-14(12)13(17)10-6-3-4-7-11(10)15(18)19/h3-4,6-7H,1-2,5,8-9H2. The molecule has 0 N–H and O–H groups in total. The molecule has 19 heavy (non-hydrogen) atoms. The zero-order valence-electron chi connectivity index (χ0n) is 10.4. The van der Waals surface area contributed by atoms with Gasteiger partial charge in [0, 0.05) is 19.0 Å². The molecule has 0 aliphatic carbocycles. The molecule has 1 aliphatic heterocycles. The number of imide groups is 1. The molecule has 1 saturated heterocycles. The van der Waals surface area contributed by atoms with Crippen LogP contribution in [0.2, 0.25) is 0 Å². The molecule has 1 aliphatic rings. The first-order valence-electron chi connectivity index (χ1n) is 6.19. The minimum absolute atomic E-state index is 0.0252. The Balaban J connectivity index is 2.33. The molecule has 0 radical (unpaired) electrons. The van der Waals surface area contributed by atoms with E-state index in [4.69, 9.17) is 0 Å². The van der Waals surface area contributed by atoms with E-state index in [1.165, 1.54) is 18.2 Å². The summed E-state index contributed by atoms with van der Waals surface area (Å²) in [7, 11) is 0. The van der Waals surface area contributed by atoms with E-state index in [1.807, 2.05) is 0 Å². The first kappa shape index (κ1) is 13.2. The van der Waals surface area contributed by atoms with Gasteiger partial charge in [0.2, 0.25) is 5.91 Å². The Morgan fingerprint density at radius 1 is 1.21 bits per heavy atom. The fraction of sp³-hybridized carbons (Fsp3) is 0.385. The molecule has 1 heterocycles. The summed E-state index contributed by atoms with van der Waals surface area (Å²) in [5.41, 5.74) is -0.285. The summed E-state index contributed by atoms with van der Waals surface area (Å²) in [5, 5.41) is 10.9. The number of carbonyl (C=O) groups is 2. The lowest BCUT2D eigenvalue weighted by Crippen LogP contribution is -2.36. The smallest absolute Gasteiger partial charge is 0.278 e. The molecule has 1 fully saturated rings. The van der Waals surface area contributed by atoms with Gasteiger partial charge in [-0.15, -0.1) is 0 Å². The molecule has 0 atom stereocenters. The first-order valence-corrected chi connectivity index (χ1v) is 6.19. The molecule has 1 aromatic carbocycles. The summed E-state index contributed by atoms with van der Waals surface area (Å²) in [5.74, 6) is -0.820. The molecule has 2 amide bonds. The Morgan fingerprint density at radius 2 is 1.95 bits per heavy atom. The van der Waals surface area contributed by atoms with Crippen LogP contribution in [-0.4, -0.2) is 28.2 Å². The summed E-state index contributed by atoms with van der Waals surface area (Å²) in [6.45, 7) is 0.337. The van der Waals surface area contributed by atoms with Gasteiger partial charge in [-0.1, -0.05) is 18.6 Å². The van der Waals surface area contributed by atoms with E-state index in [0.717, 1.165) is 24.2 Å². The fourth-order valence-electron chi connectivity index (χ4n) is 2.16.